The van der Waals surface area contributed by atoms with Crippen molar-refractivity contribution in [3.05, 3.63) is 11.8 Å². The molecule has 0 heterocycles. The van der Waals surface area contributed by atoms with E-state index < -0.39 is 0 Å². The second-order valence-electron chi connectivity index (χ2n) is 2.07. The van der Waals surface area contributed by atoms with Crippen LogP contribution in [-0.4, -0.2) is 31.3 Å². The molecule has 0 fully saturated rings. The number of carbonyl (C=O) groups excluding carboxylic acids is 1. The van der Waals surface area contributed by atoms with Crippen molar-refractivity contribution < 1.29 is 14.6 Å². The Hall–Kier alpha value is -1.03. The maximum absolute atomic E-state index is 10.7. The van der Waals surface area contributed by atoms with Gasteiger partial charge in [0, 0.05) is 19.7 Å². The summed E-state index contributed by atoms with van der Waals surface area (Å²) in [6.07, 6.45) is 1.12. The number of hydrogen-bond acceptors (Lipinski definition) is 3. The maximum Gasteiger partial charge on any atom is 0.247 e. The molecule has 64 valence electrons. The second kappa shape index (κ2) is 5.73. The Balaban J connectivity index is 3.46. The van der Waals surface area contributed by atoms with Crippen LogP contribution in [0.2, 0.25) is 0 Å². The fraction of sp³-hybridized carbons (Fsp3) is 0.571. The molecule has 0 saturated heterocycles. The third-order valence-electron chi connectivity index (χ3n) is 0.945. The van der Waals surface area contributed by atoms with Crippen molar-refractivity contribution >= 4 is 5.91 Å². The van der Waals surface area contributed by atoms with Gasteiger partial charge in [-0.1, -0.05) is 0 Å². The zero-order chi connectivity index (χ0) is 8.69. The van der Waals surface area contributed by atoms with Crippen LogP contribution < -0.4 is 5.32 Å². The molecular formula is C7H13NO3. The third kappa shape index (κ3) is 6.86. The first-order valence-electron chi connectivity index (χ1n) is 3.31. The monoisotopic (exact) mass is 159 g/mol. The molecule has 0 bridgehead atoms. The number of carbonyl (C=O) groups is 1. The lowest BCUT2D eigenvalue weighted by Gasteiger charge is -1.99. The van der Waals surface area contributed by atoms with Crippen LogP contribution in [0.1, 0.15) is 6.92 Å². The molecule has 0 aliphatic rings. The fourth-order valence-electron chi connectivity index (χ4n) is 0.517. The lowest BCUT2D eigenvalue weighted by atomic mass is 10.4. The summed E-state index contributed by atoms with van der Waals surface area (Å²) in [7, 11) is 1.55. The first-order valence-corrected chi connectivity index (χ1v) is 3.31. The van der Waals surface area contributed by atoms with Crippen molar-refractivity contribution in [2.75, 3.05) is 20.3 Å². The third-order valence-corrected chi connectivity index (χ3v) is 0.945. The minimum absolute atomic E-state index is 0.0000770. The van der Waals surface area contributed by atoms with Gasteiger partial charge in [0.05, 0.1) is 12.4 Å². The molecule has 0 atom stereocenters. The normalized spacial score (nSPS) is 11.3. The zero-order valence-corrected chi connectivity index (χ0v) is 6.76. The Labute approximate surface area is 65.9 Å². The van der Waals surface area contributed by atoms with Gasteiger partial charge in [0.25, 0.3) is 0 Å². The van der Waals surface area contributed by atoms with E-state index in [1.54, 1.807) is 7.11 Å². The van der Waals surface area contributed by atoms with Crippen LogP contribution in [0.5, 0.6) is 0 Å². The fourth-order valence-corrected chi connectivity index (χ4v) is 0.517. The van der Waals surface area contributed by atoms with Gasteiger partial charge in [-0.25, -0.2) is 0 Å². The summed E-state index contributed by atoms with van der Waals surface area (Å²) in [4.78, 5) is 10.7. The van der Waals surface area contributed by atoms with Crippen molar-refractivity contribution in [3.63, 3.8) is 0 Å². The van der Waals surface area contributed by atoms with Crippen LogP contribution in [0, 0.1) is 0 Å². The summed E-state index contributed by atoms with van der Waals surface area (Å²) >= 11 is 0. The molecule has 4 nitrogen and oxygen atoms in total. The summed E-state index contributed by atoms with van der Waals surface area (Å²) in [5.74, 6) is -0.304. The average molecular weight is 159 g/mol. The highest BCUT2D eigenvalue weighted by Crippen LogP contribution is 1.82. The molecule has 0 aliphatic carbocycles. The lowest BCUT2D eigenvalue weighted by Crippen LogP contribution is -2.25. The number of nitrogens with one attached hydrogen (secondary N) is 1. The summed E-state index contributed by atoms with van der Waals surface area (Å²) in [6, 6.07) is 0. The number of aliphatic hydroxyl groups is 1. The summed E-state index contributed by atoms with van der Waals surface area (Å²) in [5, 5.41) is 11.2. The predicted octanol–water partition coefficient (Wildman–Crippen LogP) is 0.211. The number of allylic oxidation sites excluding steroid dienone is 1. The van der Waals surface area contributed by atoms with Crippen molar-refractivity contribution in [1.82, 2.24) is 5.32 Å². The van der Waals surface area contributed by atoms with Crippen LogP contribution in [0.3, 0.4) is 0 Å². The number of ether oxygens (including phenoxy) is 1. The van der Waals surface area contributed by atoms with E-state index in [0.717, 1.165) is 6.08 Å². The smallest absolute Gasteiger partial charge is 0.247 e. The minimum Gasteiger partial charge on any atom is -0.512 e. The van der Waals surface area contributed by atoms with Gasteiger partial charge in [0.15, 0.2) is 0 Å². The Morgan fingerprint density at radius 1 is 1.73 bits per heavy atom. The number of rotatable bonds is 4. The van der Waals surface area contributed by atoms with E-state index in [4.69, 9.17) is 9.84 Å². The van der Waals surface area contributed by atoms with Crippen molar-refractivity contribution in [1.29, 1.82) is 0 Å². The minimum atomic E-state index is -0.304. The molecule has 4 heteroatoms. The first kappa shape index (κ1) is 9.97. The van der Waals surface area contributed by atoms with Crippen LogP contribution in [0.25, 0.3) is 0 Å². The highest BCUT2D eigenvalue weighted by molar-refractivity contribution is 5.87. The topological polar surface area (TPSA) is 58.6 Å². The summed E-state index contributed by atoms with van der Waals surface area (Å²) in [5.41, 5.74) is 0. The zero-order valence-electron chi connectivity index (χ0n) is 6.76. The van der Waals surface area contributed by atoms with Crippen LogP contribution in [-0.2, 0) is 9.53 Å². The molecule has 0 radical (unpaired) electrons. The molecule has 0 aromatic rings. The molecule has 0 unspecified atom stereocenters. The van der Waals surface area contributed by atoms with Gasteiger partial charge in [-0.3, -0.25) is 4.79 Å². The molecule has 0 spiro atoms. The van der Waals surface area contributed by atoms with Gasteiger partial charge in [0.1, 0.15) is 0 Å². The highest BCUT2D eigenvalue weighted by atomic mass is 16.5. The van der Waals surface area contributed by atoms with E-state index in [1.807, 2.05) is 0 Å². The Morgan fingerprint density at radius 3 is 2.82 bits per heavy atom. The molecule has 0 aromatic heterocycles. The van der Waals surface area contributed by atoms with Crippen LogP contribution in [0.4, 0.5) is 0 Å². The number of methoxy groups -OCH3 is 1. The first-order chi connectivity index (χ1) is 5.16. The molecule has 0 aromatic carbocycles. The van der Waals surface area contributed by atoms with Crippen LogP contribution >= 0.6 is 0 Å². The summed E-state index contributed by atoms with van der Waals surface area (Å²) < 4.78 is 4.70. The van der Waals surface area contributed by atoms with E-state index in [9.17, 15) is 4.79 Å². The van der Waals surface area contributed by atoms with E-state index in [1.165, 1.54) is 6.92 Å². The van der Waals surface area contributed by atoms with Gasteiger partial charge in [-0.05, 0) is 6.92 Å². The number of hydrogen-bond donors (Lipinski definition) is 2. The average Bonchev–Trinajstić information content (AvgIpc) is 1.86. The van der Waals surface area contributed by atoms with E-state index in [-0.39, 0.29) is 11.7 Å². The van der Waals surface area contributed by atoms with Gasteiger partial charge in [0.2, 0.25) is 5.91 Å². The SMILES string of the molecule is COCCNC(=O)C=C(C)O. The maximum atomic E-state index is 10.7. The lowest BCUT2D eigenvalue weighted by molar-refractivity contribution is -0.116. The highest BCUT2D eigenvalue weighted by Gasteiger charge is 1.94. The van der Waals surface area contributed by atoms with E-state index in [2.05, 4.69) is 5.32 Å². The Bertz CT molecular complexity index is 150. The molecule has 0 saturated carbocycles. The quantitative estimate of drug-likeness (QED) is 0.350. The van der Waals surface area contributed by atoms with Gasteiger partial charge < -0.3 is 15.2 Å². The van der Waals surface area contributed by atoms with Crippen molar-refractivity contribution in [3.8, 4) is 0 Å². The molecule has 11 heavy (non-hydrogen) atoms. The number of aliphatic hydroxyl groups excluding tert-OH is 1. The van der Waals surface area contributed by atoms with E-state index in [0.29, 0.717) is 13.2 Å². The molecule has 0 rings (SSSR count). The molecule has 0 aliphatic heterocycles. The Kier molecular flexibility index (Phi) is 5.20. The molecule has 1 amide bonds. The predicted molar refractivity (Wildman–Crippen MR) is 41.3 cm³/mol. The van der Waals surface area contributed by atoms with Gasteiger partial charge in [-0.2, -0.15) is 0 Å². The Morgan fingerprint density at radius 2 is 2.36 bits per heavy atom. The standard InChI is InChI=1S/C7H13NO3/c1-6(9)5-7(10)8-3-4-11-2/h5,9H,3-4H2,1-2H3,(H,8,10). The summed E-state index contributed by atoms with van der Waals surface area (Å²) in [6.45, 7) is 2.37. The van der Waals surface area contributed by atoms with E-state index >= 15 is 0 Å². The molecule has 2 N–H and O–H groups in total. The largest absolute Gasteiger partial charge is 0.512 e. The number of amides is 1. The molecular weight excluding hydrogens is 146 g/mol. The van der Waals surface area contributed by atoms with Gasteiger partial charge in [-0.15, -0.1) is 0 Å². The second-order valence-corrected chi connectivity index (χ2v) is 2.07. The van der Waals surface area contributed by atoms with Crippen LogP contribution in [0.15, 0.2) is 11.8 Å². The van der Waals surface area contributed by atoms with Crippen molar-refractivity contribution in [2.24, 2.45) is 0 Å². The van der Waals surface area contributed by atoms with Crippen molar-refractivity contribution in [2.45, 2.75) is 6.92 Å². The van der Waals surface area contributed by atoms with Gasteiger partial charge >= 0.3 is 0 Å².